The number of H-pyrrole nitrogens is 1. The van der Waals surface area contributed by atoms with Crippen molar-refractivity contribution < 1.29 is 13.5 Å². The molecule has 0 saturated heterocycles. The number of aromatic amines is 1. The van der Waals surface area contributed by atoms with Gasteiger partial charge in [-0.2, -0.15) is 8.78 Å². The van der Waals surface area contributed by atoms with Gasteiger partial charge >= 0.3 is 6.61 Å². The molecule has 0 aliphatic heterocycles. The molecule has 1 heterocycles. The number of hydrogen-bond acceptors (Lipinski definition) is 3. The van der Waals surface area contributed by atoms with Crippen molar-refractivity contribution in [1.82, 2.24) is 9.97 Å². The quantitative estimate of drug-likeness (QED) is 0.923. The summed E-state index contributed by atoms with van der Waals surface area (Å²) in [5, 5.41) is 0. The summed E-state index contributed by atoms with van der Waals surface area (Å²) in [5.74, 6) is 0.513. The van der Waals surface area contributed by atoms with Crippen LogP contribution in [0, 0.1) is 0 Å². The number of nitrogens with zero attached hydrogens (tertiary/aromatic N) is 1. The van der Waals surface area contributed by atoms with E-state index in [1.54, 1.807) is 24.3 Å². The number of alkyl halides is 2. The van der Waals surface area contributed by atoms with E-state index in [9.17, 15) is 13.6 Å². The molecule has 0 atom stereocenters. The molecule has 4 nitrogen and oxygen atoms in total. The van der Waals surface area contributed by atoms with Crippen molar-refractivity contribution in [3.05, 3.63) is 58.3 Å². The molecule has 2 aromatic rings. The Bertz CT molecular complexity index is 621. The Labute approximate surface area is 107 Å². The minimum absolute atomic E-state index is 0.0957. The minimum atomic E-state index is -2.83. The molecule has 0 aliphatic rings. The lowest BCUT2D eigenvalue weighted by atomic mass is 10.2. The van der Waals surface area contributed by atoms with Gasteiger partial charge in [-0.15, -0.1) is 0 Å². The van der Waals surface area contributed by atoms with E-state index in [2.05, 4.69) is 14.7 Å². The van der Waals surface area contributed by atoms with Crippen LogP contribution in [0.15, 0.2) is 41.3 Å². The van der Waals surface area contributed by atoms with Gasteiger partial charge in [0.1, 0.15) is 11.6 Å². The molecule has 0 unspecified atom stereocenters. The Kier molecular flexibility index (Phi) is 4.02. The van der Waals surface area contributed by atoms with E-state index >= 15 is 0 Å². The van der Waals surface area contributed by atoms with Crippen molar-refractivity contribution in [1.29, 1.82) is 0 Å². The maximum Gasteiger partial charge on any atom is 0.387 e. The second kappa shape index (κ2) is 5.90. The third-order valence-electron chi connectivity index (χ3n) is 2.23. The number of halogens is 2. The molecule has 0 spiro atoms. The van der Waals surface area contributed by atoms with E-state index in [1.165, 1.54) is 24.4 Å². The Morgan fingerprint density at radius 3 is 2.53 bits per heavy atom. The second-order valence-electron chi connectivity index (χ2n) is 3.60. The number of aromatic nitrogens is 2. The summed E-state index contributed by atoms with van der Waals surface area (Å²) in [7, 11) is 0. The van der Waals surface area contributed by atoms with E-state index in [4.69, 9.17) is 0 Å². The van der Waals surface area contributed by atoms with E-state index < -0.39 is 6.61 Å². The van der Waals surface area contributed by atoms with E-state index in [-0.39, 0.29) is 11.3 Å². The molecule has 0 fully saturated rings. The van der Waals surface area contributed by atoms with Crippen molar-refractivity contribution in [3.63, 3.8) is 0 Å². The first-order valence-electron chi connectivity index (χ1n) is 5.42. The van der Waals surface area contributed by atoms with Gasteiger partial charge in [-0.3, -0.25) is 4.79 Å². The van der Waals surface area contributed by atoms with Crippen LogP contribution < -0.4 is 10.3 Å². The van der Waals surface area contributed by atoms with Crippen molar-refractivity contribution in [2.45, 2.75) is 6.61 Å². The van der Waals surface area contributed by atoms with Gasteiger partial charge in [0.05, 0.1) is 0 Å². The zero-order valence-electron chi connectivity index (χ0n) is 9.72. The molecule has 98 valence electrons. The maximum absolute atomic E-state index is 12.0. The predicted molar refractivity (Wildman–Crippen MR) is 66.9 cm³/mol. The first-order chi connectivity index (χ1) is 9.13. The Hall–Kier alpha value is -2.50. The van der Waals surface area contributed by atoms with Crippen LogP contribution in [0.1, 0.15) is 11.4 Å². The fourth-order valence-electron chi connectivity index (χ4n) is 1.41. The highest BCUT2D eigenvalue weighted by Crippen LogP contribution is 2.15. The lowest BCUT2D eigenvalue weighted by Crippen LogP contribution is -2.05. The summed E-state index contributed by atoms with van der Waals surface area (Å²) in [6, 6.07) is 7.43. The molecule has 0 saturated carbocycles. The van der Waals surface area contributed by atoms with Crippen molar-refractivity contribution in [2.75, 3.05) is 0 Å². The summed E-state index contributed by atoms with van der Waals surface area (Å²) in [6.07, 6.45) is 4.72. The van der Waals surface area contributed by atoms with Gasteiger partial charge in [0.25, 0.3) is 5.56 Å². The maximum atomic E-state index is 12.0. The van der Waals surface area contributed by atoms with Gasteiger partial charge < -0.3 is 9.72 Å². The second-order valence-corrected chi connectivity index (χ2v) is 3.60. The van der Waals surface area contributed by atoms with Crippen LogP contribution in [0.5, 0.6) is 5.75 Å². The van der Waals surface area contributed by atoms with Crippen molar-refractivity contribution >= 4 is 12.2 Å². The molecular formula is C13H10F2N2O2. The molecule has 19 heavy (non-hydrogen) atoms. The van der Waals surface area contributed by atoms with Gasteiger partial charge in [0.2, 0.25) is 0 Å². The number of hydrogen-bond donors (Lipinski definition) is 1. The normalized spacial score (nSPS) is 11.1. The average Bonchev–Trinajstić information content (AvgIpc) is 2.37. The van der Waals surface area contributed by atoms with Gasteiger partial charge in [-0.1, -0.05) is 18.2 Å². The van der Waals surface area contributed by atoms with Crippen LogP contribution in [-0.4, -0.2) is 16.6 Å². The number of nitrogens with one attached hydrogen (secondary N) is 1. The van der Waals surface area contributed by atoms with E-state index in [0.717, 1.165) is 5.56 Å². The summed E-state index contributed by atoms with van der Waals surface area (Å²) in [6.45, 7) is -2.83. The highest BCUT2D eigenvalue weighted by Gasteiger charge is 2.02. The molecule has 0 bridgehead atoms. The molecule has 6 heteroatoms. The molecule has 0 radical (unpaired) electrons. The average molecular weight is 264 g/mol. The van der Waals surface area contributed by atoms with Gasteiger partial charge in [0.15, 0.2) is 0 Å². The lowest BCUT2D eigenvalue weighted by molar-refractivity contribution is -0.0498. The Balaban J connectivity index is 2.09. The fourth-order valence-corrected chi connectivity index (χ4v) is 1.41. The van der Waals surface area contributed by atoms with Crippen LogP contribution in [0.3, 0.4) is 0 Å². The SMILES string of the molecule is O=c1ccnc(/C=C/c2ccc(OC(F)F)cc2)[nH]1. The van der Waals surface area contributed by atoms with E-state index in [1.807, 2.05) is 0 Å². The highest BCUT2D eigenvalue weighted by molar-refractivity contribution is 5.66. The van der Waals surface area contributed by atoms with Crippen LogP contribution in [-0.2, 0) is 0 Å². The third kappa shape index (κ3) is 4.02. The topological polar surface area (TPSA) is 55.0 Å². The molecule has 2 rings (SSSR count). The van der Waals surface area contributed by atoms with Gasteiger partial charge in [0, 0.05) is 12.3 Å². The third-order valence-corrected chi connectivity index (χ3v) is 2.23. The zero-order chi connectivity index (χ0) is 13.7. The molecule has 0 amide bonds. The van der Waals surface area contributed by atoms with Crippen LogP contribution in [0.4, 0.5) is 8.78 Å². The molecular weight excluding hydrogens is 254 g/mol. The summed E-state index contributed by atoms with van der Waals surface area (Å²) >= 11 is 0. The fraction of sp³-hybridized carbons (Fsp3) is 0.0769. The number of ether oxygens (including phenoxy) is 1. The minimum Gasteiger partial charge on any atom is -0.435 e. The first-order valence-corrected chi connectivity index (χ1v) is 5.42. The molecule has 0 aliphatic carbocycles. The standard InChI is InChI=1S/C13H10F2N2O2/c14-13(15)19-10-4-1-9(2-5-10)3-6-11-16-8-7-12(18)17-11/h1-8,13H,(H,16,17,18)/b6-3+. The predicted octanol–water partition coefficient (Wildman–Crippen LogP) is 2.54. The van der Waals surface area contributed by atoms with E-state index in [0.29, 0.717) is 5.82 Å². The largest absolute Gasteiger partial charge is 0.435 e. The Morgan fingerprint density at radius 2 is 1.89 bits per heavy atom. The smallest absolute Gasteiger partial charge is 0.387 e. The van der Waals surface area contributed by atoms with Crippen molar-refractivity contribution in [2.24, 2.45) is 0 Å². The Morgan fingerprint density at radius 1 is 1.16 bits per heavy atom. The summed E-state index contributed by atoms with van der Waals surface area (Å²) in [4.78, 5) is 17.5. The summed E-state index contributed by atoms with van der Waals surface area (Å²) < 4.78 is 28.1. The van der Waals surface area contributed by atoms with Crippen LogP contribution in [0.25, 0.3) is 12.2 Å². The monoisotopic (exact) mass is 264 g/mol. The molecule has 1 N–H and O–H groups in total. The molecule has 1 aromatic carbocycles. The van der Waals surface area contributed by atoms with Crippen molar-refractivity contribution in [3.8, 4) is 5.75 Å². The number of benzene rings is 1. The zero-order valence-corrected chi connectivity index (χ0v) is 9.72. The number of rotatable bonds is 4. The summed E-state index contributed by atoms with van der Waals surface area (Å²) in [5.41, 5.74) is 0.531. The van der Waals surface area contributed by atoms with Gasteiger partial charge in [-0.25, -0.2) is 4.98 Å². The first kappa shape index (κ1) is 12.9. The van der Waals surface area contributed by atoms with Crippen LogP contribution >= 0.6 is 0 Å². The van der Waals surface area contributed by atoms with Crippen LogP contribution in [0.2, 0.25) is 0 Å². The van der Waals surface area contributed by atoms with Gasteiger partial charge in [-0.05, 0) is 23.8 Å². The molecule has 1 aromatic heterocycles. The highest BCUT2D eigenvalue weighted by atomic mass is 19.3. The lowest BCUT2D eigenvalue weighted by Gasteiger charge is -2.03.